The molecular formula is C10H14ClN3O3. The van der Waals surface area contributed by atoms with Crippen LogP contribution in [-0.4, -0.2) is 34.7 Å². The predicted molar refractivity (Wildman–Crippen MR) is 65.5 cm³/mol. The van der Waals surface area contributed by atoms with Gasteiger partial charge < -0.3 is 10.0 Å². The summed E-state index contributed by atoms with van der Waals surface area (Å²) < 4.78 is 0. The van der Waals surface area contributed by atoms with E-state index in [1.54, 1.807) is 18.9 Å². The van der Waals surface area contributed by atoms with Gasteiger partial charge in [-0.2, -0.15) is 0 Å². The van der Waals surface area contributed by atoms with E-state index in [1.165, 1.54) is 12.3 Å². The van der Waals surface area contributed by atoms with E-state index in [1.807, 2.05) is 0 Å². The third-order valence-electron chi connectivity index (χ3n) is 2.26. The Labute approximate surface area is 104 Å². The van der Waals surface area contributed by atoms with Crippen molar-refractivity contribution in [1.29, 1.82) is 0 Å². The Morgan fingerprint density at radius 3 is 2.82 bits per heavy atom. The predicted octanol–water partition coefficient (Wildman–Crippen LogP) is 1.85. The molecule has 1 aromatic heterocycles. The fourth-order valence-corrected chi connectivity index (χ4v) is 1.59. The number of halogens is 1. The quantitative estimate of drug-likeness (QED) is 0.645. The van der Waals surface area contributed by atoms with Gasteiger partial charge in [-0.05, 0) is 13.3 Å². The maximum atomic E-state index is 10.5. The zero-order chi connectivity index (χ0) is 13.0. The van der Waals surface area contributed by atoms with Gasteiger partial charge in [0.25, 0.3) is 5.69 Å². The van der Waals surface area contributed by atoms with E-state index in [0.717, 1.165) is 0 Å². The summed E-state index contributed by atoms with van der Waals surface area (Å²) in [6.07, 6.45) is 1.33. The van der Waals surface area contributed by atoms with Gasteiger partial charge in [0.05, 0.1) is 16.0 Å². The van der Waals surface area contributed by atoms with E-state index in [9.17, 15) is 10.1 Å². The van der Waals surface area contributed by atoms with Crippen molar-refractivity contribution in [1.82, 2.24) is 4.98 Å². The molecule has 94 valence electrons. The maximum absolute atomic E-state index is 10.5. The highest BCUT2D eigenvalue weighted by atomic mass is 35.5. The minimum Gasteiger partial charge on any atom is -0.393 e. The Hall–Kier alpha value is -1.40. The van der Waals surface area contributed by atoms with Crippen LogP contribution in [-0.2, 0) is 0 Å². The number of aliphatic hydroxyl groups excluding tert-OH is 1. The molecule has 17 heavy (non-hydrogen) atoms. The van der Waals surface area contributed by atoms with Gasteiger partial charge in [0, 0.05) is 19.7 Å². The van der Waals surface area contributed by atoms with Crippen molar-refractivity contribution >= 4 is 23.1 Å². The third kappa shape index (κ3) is 3.83. The largest absolute Gasteiger partial charge is 0.393 e. The number of hydrogen-bond donors (Lipinski definition) is 1. The zero-order valence-electron chi connectivity index (χ0n) is 9.63. The van der Waals surface area contributed by atoms with E-state index < -0.39 is 11.0 Å². The molecule has 1 heterocycles. The lowest BCUT2D eigenvalue weighted by atomic mass is 10.2. The molecule has 0 fully saturated rings. The van der Waals surface area contributed by atoms with Crippen LogP contribution in [0.2, 0.25) is 5.02 Å². The molecule has 1 atom stereocenters. The molecule has 0 radical (unpaired) electrons. The fraction of sp³-hybridized carbons (Fsp3) is 0.500. The number of pyridine rings is 1. The molecule has 0 bridgehead atoms. The number of nitro groups is 1. The lowest BCUT2D eigenvalue weighted by Crippen LogP contribution is -2.23. The summed E-state index contributed by atoms with van der Waals surface area (Å²) in [7, 11) is 1.77. The topological polar surface area (TPSA) is 79.5 Å². The highest BCUT2D eigenvalue weighted by Crippen LogP contribution is 2.26. The lowest BCUT2D eigenvalue weighted by Gasteiger charge is -2.19. The van der Waals surface area contributed by atoms with Gasteiger partial charge in [0.1, 0.15) is 12.0 Å². The van der Waals surface area contributed by atoms with Crippen molar-refractivity contribution in [3.8, 4) is 0 Å². The summed E-state index contributed by atoms with van der Waals surface area (Å²) in [5, 5.41) is 19.9. The molecule has 0 saturated carbocycles. The van der Waals surface area contributed by atoms with Crippen molar-refractivity contribution < 1.29 is 10.0 Å². The first-order valence-electron chi connectivity index (χ1n) is 5.11. The molecule has 1 N–H and O–H groups in total. The van der Waals surface area contributed by atoms with Gasteiger partial charge in [-0.25, -0.2) is 4.98 Å². The average Bonchev–Trinajstić information content (AvgIpc) is 2.25. The first-order valence-corrected chi connectivity index (χ1v) is 5.48. The molecule has 1 aromatic rings. The average molecular weight is 260 g/mol. The number of anilines is 1. The SMILES string of the molecule is C[C@H](O)CCN(C)c1ncc([N+](=O)[O-])cc1Cl. The molecule has 0 aliphatic carbocycles. The summed E-state index contributed by atoms with van der Waals surface area (Å²) in [5.41, 5.74) is -0.136. The highest BCUT2D eigenvalue weighted by Gasteiger charge is 2.14. The van der Waals surface area contributed by atoms with Crippen LogP contribution in [0.3, 0.4) is 0 Å². The summed E-state index contributed by atoms with van der Waals surface area (Å²) in [4.78, 5) is 15.7. The Morgan fingerprint density at radius 2 is 2.35 bits per heavy atom. The monoisotopic (exact) mass is 259 g/mol. The van der Waals surface area contributed by atoms with Crippen LogP contribution in [0.5, 0.6) is 0 Å². The van der Waals surface area contributed by atoms with Crippen LogP contribution in [0.25, 0.3) is 0 Å². The Bertz CT molecular complexity index is 412. The Morgan fingerprint density at radius 1 is 1.71 bits per heavy atom. The molecule has 0 amide bonds. The summed E-state index contributed by atoms with van der Waals surface area (Å²) in [5.74, 6) is 0.470. The van der Waals surface area contributed by atoms with E-state index in [4.69, 9.17) is 16.7 Å². The molecule has 0 aliphatic rings. The van der Waals surface area contributed by atoms with E-state index in [2.05, 4.69) is 4.98 Å². The van der Waals surface area contributed by atoms with Crippen LogP contribution < -0.4 is 4.90 Å². The molecule has 0 unspecified atom stereocenters. The van der Waals surface area contributed by atoms with E-state index >= 15 is 0 Å². The molecule has 0 aliphatic heterocycles. The molecular weight excluding hydrogens is 246 g/mol. The summed E-state index contributed by atoms with van der Waals surface area (Å²) in [6.45, 7) is 2.26. The van der Waals surface area contributed by atoms with Gasteiger partial charge >= 0.3 is 0 Å². The zero-order valence-corrected chi connectivity index (χ0v) is 10.4. The molecule has 0 saturated heterocycles. The lowest BCUT2D eigenvalue weighted by molar-refractivity contribution is -0.385. The second-order valence-corrected chi connectivity index (χ2v) is 4.22. The van der Waals surface area contributed by atoms with Crippen molar-refractivity contribution in [3.63, 3.8) is 0 Å². The van der Waals surface area contributed by atoms with Crippen LogP contribution in [0.15, 0.2) is 12.3 Å². The normalized spacial score (nSPS) is 12.2. The number of rotatable bonds is 5. The van der Waals surface area contributed by atoms with Crippen LogP contribution in [0, 0.1) is 10.1 Å². The number of nitrogens with zero attached hydrogens (tertiary/aromatic N) is 3. The third-order valence-corrected chi connectivity index (χ3v) is 2.54. The molecule has 7 heteroatoms. The second-order valence-electron chi connectivity index (χ2n) is 3.82. The number of aromatic nitrogens is 1. The van der Waals surface area contributed by atoms with Crippen LogP contribution >= 0.6 is 11.6 Å². The smallest absolute Gasteiger partial charge is 0.289 e. The minimum absolute atomic E-state index is 0.136. The Balaban J connectivity index is 2.81. The second kappa shape index (κ2) is 5.79. The van der Waals surface area contributed by atoms with E-state index in [-0.39, 0.29) is 10.7 Å². The fourth-order valence-electron chi connectivity index (χ4n) is 1.29. The van der Waals surface area contributed by atoms with Crippen LogP contribution in [0.4, 0.5) is 11.5 Å². The molecule has 6 nitrogen and oxygen atoms in total. The molecule has 0 aromatic carbocycles. The standard InChI is InChI=1S/C10H14ClN3O3/c1-7(15)3-4-13(2)10-9(11)5-8(6-12-10)14(16)17/h5-7,15H,3-4H2,1-2H3/t7-/m0/s1. The van der Waals surface area contributed by atoms with Crippen molar-refractivity contribution in [2.45, 2.75) is 19.4 Å². The number of aliphatic hydroxyl groups is 1. The van der Waals surface area contributed by atoms with Crippen LogP contribution in [0.1, 0.15) is 13.3 Å². The number of hydrogen-bond acceptors (Lipinski definition) is 5. The van der Waals surface area contributed by atoms with Gasteiger partial charge in [-0.3, -0.25) is 10.1 Å². The first kappa shape index (κ1) is 13.7. The first-order chi connectivity index (χ1) is 7.91. The van der Waals surface area contributed by atoms with Crippen molar-refractivity contribution in [3.05, 3.63) is 27.4 Å². The minimum atomic E-state index is -0.543. The molecule has 0 spiro atoms. The van der Waals surface area contributed by atoms with Crippen molar-refractivity contribution in [2.75, 3.05) is 18.5 Å². The molecule has 1 rings (SSSR count). The maximum Gasteiger partial charge on any atom is 0.289 e. The van der Waals surface area contributed by atoms with E-state index in [0.29, 0.717) is 18.8 Å². The highest BCUT2D eigenvalue weighted by molar-refractivity contribution is 6.33. The van der Waals surface area contributed by atoms with Gasteiger partial charge in [0.2, 0.25) is 0 Å². The van der Waals surface area contributed by atoms with Crippen molar-refractivity contribution in [2.24, 2.45) is 0 Å². The van der Waals surface area contributed by atoms with Gasteiger partial charge in [0.15, 0.2) is 0 Å². The Kier molecular flexibility index (Phi) is 4.65. The summed E-state index contributed by atoms with van der Waals surface area (Å²) in [6, 6.07) is 1.27. The summed E-state index contributed by atoms with van der Waals surface area (Å²) >= 11 is 5.91. The van der Waals surface area contributed by atoms with Gasteiger partial charge in [-0.1, -0.05) is 11.6 Å². The van der Waals surface area contributed by atoms with Gasteiger partial charge in [-0.15, -0.1) is 0 Å².